The average Bonchev–Trinajstić information content (AvgIpc) is 3.09. The molecular formula is C24H22ClIN2O7S. The van der Waals surface area contributed by atoms with E-state index in [9.17, 15) is 19.2 Å². The van der Waals surface area contributed by atoms with E-state index in [1.54, 1.807) is 25.1 Å². The van der Waals surface area contributed by atoms with Gasteiger partial charge in [0.1, 0.15) is 6.54 Å². The molecule has 1 heterocycles. The van der Waals surface area contributed by atoms with Crippen molar-refractivity contribution in [1.82, 2.24) is 4.90 Å². The molecule has 2 aromatic carbocycles. The number of hydrogen-bond donors (Lipinski definition) is 1. The van der Waals surface area contributed by atoms with E-state index < -0.39 is 29.6 Å². The second kappa shape index (κ2) is 12.5. The average molecular weight is 645 g/mol. The number of nitrogens with zero attached hydrogens (tertiary/aromatic N) is 1. The molecule has 1 saturated heterocycles. The van der Waals surface area contributed by atoms with E-state index >= 15 is 0 Å². The molecule has 0 unspecified atom stereocenters. The summed E-state index contributed by atoms with van der Waals surface area (Å²) in [6.45, 7) is 3.66. The summed E-state index contributed by atoms with van der Waals surface area (Å²) in [5, 5.41) is 2.17. The van der Waals surface area contributed by atoms with E-state index in [2.05, 4.69) is 27.9 Å². The zero-order chi connectivity index (χ0) is 26.4. The van der Waals surface area contributed by atoms with Crippen molar-refractivity contribution < 1.29 is 33.4 Å². The van der Waals surface area contributed by atoms with Gasteiger partial charge in [0.25, 0.3) is 11.1 Å². The topological polar surface area (TPSA) is 111 Å². The Morgan fingerprint density at radius 2 is 1.92 bits per heavy atom. The molecule has 1 N–H and O–H groups in total. The van der Waals surface area contributed by atoms with Gasteiger partial charge in [-0.3, -0.25) is 19.3 Å². The van der Waals surface area contributed by atoms with E-state index in [0.29, 0.717) is 23.7 Å². The number of imide groups is 1. The molecule has 36 heavy (non-hydrogen) atoms. The molecule has 0 aliphatic carbocycles. The van der Waals surface area contributed by atoms with Crippen molar-refractivity contribution in [3.05, 3.63) is 55.0 Å². The number of hydrogen-bond acceptors (Lipinski definition) is 8. The SMILES string of the molecule is CCOC(=O)c1cc(NC(=O)CN2C(=O)S/C(=C/c3cc(I)c(OCC)c(OC)c3)C2=O)ccc1Cl. The number of thioether (sulfide) groups is 1. The Morgan fingerprint density at radius 1 is 1.17 bits per heavy atom. The first kappa shape index (κ1) is 27.8. The van der Waals surface area contributed by atoms with Crippen molar-refractivity contribution in [3.63, 3.8) is 0 Å². The molecule has 9 nitrogen and oxygen atoms in total. The first-order valence-corrected chi connectivity index (χ1v) is 13.0. The molecule has 3 amide bonds. The van der Waals surface area contributed by atoms with Crippen LogP contribution >= 0.6 is 46.0 Å². The lowest BCUT2D eigenvalue weighted by Crippen LogP contribution is -2.36. The minimum Gasteiger partial charge on any atom is -0.493 e. The molecule has 1 aliphatic rings. The zero-order valence-electron chi connectivity index (χ0n) is 19.6. The van der Waals surface area contributed by atoms with Crippen molar-refractivity contribution >= 4 is 80.7 Å². The van der Waals surface area contributed by atoms with Crippen molar-refractivity contribution in [2.45, 2.75) is 13.8 Å². The van der Waals surface area contributed by atoms with Gasteiger partial charge in [-0.15, -0.1) is 0 Å². The van der Waals surface area contributed by atoms with Crippen molar-refractivity contribution in [2.24, 2.45) is 0 Å². The van der Waals surface area contributed by atoms with Crippen LogP contribution in [0.15, 0.2) is 35.2 Å². The van der Waals surface area contributed by atoms with Crippen LogP contribution in [0.3, 0.4) is 0 Å². The number of halogens is 2. The first-order valence-electron chi connectivity index (χ1n) is 10.7. The second-order valence-corrected chi connectivity index (χ2v) is 9.76. The Kier molecular flexibility index (Phi) is 9.63. The van der Waals surface area contributed by atoms with Crippen LogP contribution in [-0.2, 0) is 14.3 Å². The van der Waals surface area contributed by atoms with E-state index in [0.717, 1.165) is 20.2 Å². The largest absolute Gasteiger partial charge is 0.493 e. The van der Waals surface area contributed by atoms with Crippen LogP contribution in [-0.4, -0.2) is 54.8 Å². The minimum absolute atomic E-state index is 0.0887. The maximum absolute atomic E-state index is 12.9. The van der Waals surface area contributed by atoms with Crippen molar-refractivity contribution in [2.75, 3.05) is 32.2 Å². The fraction of sp³-hybridized carbons (Fsp3) is 0.250. The Labute approximate surface area is 230 Å². The summed E-state index contributed by atoms with van der Waals surface area (Å²) in [5.41, 5.74) is 0.999. The molecule has 0 spiro atoms. The summed E-state index contributed by atoms with van der Waals surface area (Å²) in [4.78, 5) is 51.0. The number of carbonyl (C=O) groups is 4. The monoisotopic (exact) mass is 644 g/mol. The summed E-state index contributed by atoms with van der Waals surface area (Å²) < 4.78 is 16.7. The number of esters is 1. The normalized spacial score (nSPS) is 14.2. The molecule has 3 rings (SSSR count). The lowest BCUT2D eigenvalue weighted by atomic mass is 10.2. The molecule has 0 aromatic heterocycles. The van der Waals surface area contributed by atoms with Crippen molar-refractivity contribution in [1.29, 1.82) is 0 Å². The maximum atomic E-state index is 12.9. The number of methoxy groups -OCH3 is 1. The van der Waals surface area contributed by atoms with Crippen LogP contribution in [0.1, 0.15) is 29.8 Å². The second-order valence-electron chi connectivity index (χ2n) is 7.20. The Bertz CT molecular complexity index is 1250. The van der Waals surface area contributed by atoms with Gasteiger partial charge >= 0.3 is 5.97 Å². The highest BCUT2D eigenvalue weighted by molar-refractivity contribution is 14.1. The van der Waals surface area contributed by atoms with Crippen LogP contribution in [0.4, 0.5) is 10.5 Å². The van der Waals surface area contributed by atoms with Gasteiger partial charge in [0.15, 0.2) is 11.5 Å². The molecule has 1 fully saturated rings. The van der Waals surface area contributed by atoms with Crippen LogP contribution < -0.4 is 14.8 Å². The van der Waals surface area contributed by atoms with Crippen LogP contribution in [0, 0.1) is 3.57 Å². The standard InChI is InChI=1S/C24H22ClIN2O7S/c1-4-34-21-17(26)8-13(9-18(21)33-3)10-19-22(30)28(24(32)36-19)12-20(29)27-14-6-7-16(25)15(11-14)23(31)35-5-2/h6-11H,4-5,12H2,1-3H3,(H,27,29)/b19-10+. The third-order valence-corrected chi connectivity index (χ3v) is 6.80. The van der Waals surface area contributed by atoms with Crippen molar-refractivity contribution in [3.8, 4) is 11.5 Å². The summed E-state index contributed by atoms with van der Waals surface area (Å²) in [7, 11) is 1.51. The van der Waals surface area contributed by atoms with Gasteiger partial charge in [0.05, 0.1) is 39.4 Å². The van der Waals surface area contributed by atoms with Gasteiger partial charge < -0.3 is 19.5 Å². The van der Waals surface area contributed by atoms with E-state index in [-0.39, 0.29) is 27.8 Å². The number of rotatable bonds is 9. The van der Waals surface area contributed by atoms with E-state index in [1.807, 2.05) is 6.92 Å². The zero-order valence-corrected chi connectivity index (χ0v) is 23.3. The van der Waals surface area contributed by atoms with E-state index in [4.69, 9.17) is 25.8 Å². The van der Waals surface area contributed by atoms with Crippen LogP contribution in [0.5, 0.6) is 11.5 Å². The molecule has 12 heteroatoms. The van der Waals surface area contributed by atoms with Gasteiger partial charge in [-0.1, -0.05) is 11.6 Å². The number of carbonyl (C=O) groups excluding carboxylic acids is 4. The Hall–Kier alpha value is -2.77. The quantitative estimate of drug-likeness (QED) is 0.225. The highest BCUT2D eigenvalue weighted by Gasteiger charge is 2.36. The summed E-state index contributed by atoms with van der Waals surface area (Å²) in [6, 6.07) is 7.81. The van der Waals surface area contributed by atoms with Gasteiger partial charge in [-0.2, -0.15) is 0 Å². The Balaban J connectivity index is 1.74. The van der Waals surface area contributed by atoms with Gasteiger partial charge in [-0.25, -0.2) is 4.79 Å². The van der Waals surface area contributed by atoms with Gasteiger partial charge in [0.2, 0.25) is 5.91 Å². The summed E-state index contributed by atoms with van der Waals surface area (Å²) in [6.07, 6.45) is 1.56. The third-order valence-electron chi connectivity index (χ3n) is 4.76. The van der Waals surface area contributed by atoms with Crippen LogP contribution in [0.25, 0.3) is 6.08 Å². The van der Waals surface area contributed by atoms with E-state index in [1.165, 1.54) is 25.3 Å². The lowest BCUT2D eigenvalue weighted by Gasteiger charge is -2.13. The third kappa shape index (κ3) is 6.51. The number of amides is 3. The number of ether oxygens (including phenoxy) is 3. The molecule has 0 bridgehead atoms. The fourth-order valence-corrected chi connectivity index (χ4v) is 5.02. The molecule has 0 atom stereocenters. The van der Waals surface area contributed by atoms with Crippen LogP contribution in [0.2, 0.25) is 5.02 Å². The number of benzene rings is 2. The molecule has 0 saturated carbocycles. The lowest BCUT2D eigenvalue weighted by molar-refractivity contribution is -0.127. The maximum Gasteiger partial charge on any atom is 0.339 e. The Morgan fingerprint density at radius 3 is 2.58 bits per heavy atom. The fourth-order valence-electron chi connectivity index (χ4n) is 3.21. The summed E-state index contributed by atoms with van der Waals surface area (Å²) >= 11 is 8.88. The predicted octanol–water partition coefficient (Wildman–Crippen LogP) is 5.20. The molecular weight excluding hydrogens is 623 g/mol. The molecule has 2 aromatic rings. The van der Waals surface area contributed by atoms with Gasteiger partial charge in [0, 0.05) is 5.69 Å². The highest BCUT2D eigenvalue weighted by Crippen LogP contribution is 2.37. The molecule has 1 aliphatic heterocycles. The summed E-state index contributed by atoms with van der Waals surface area (Å²) in [5.74, 6) is -0.746. The van der Waals surface area contributed by atoms with Gasteiger partial charge in [-0.05, 0) is 90.2 Å². The minimum atomic E-state index is -0.629. The predicted molar refractivity (Wildman–Crippen MR) is 146 cm³/mol. The highest BCUT2D eigenvalue weighted by atomic mass is 127. The molecule has 0 radical (unpaired) electrons. The smallest absolute Gasteiger partial charge is 0.339 e. The number of anilines is 1. The number of nitrogens with one attached hydrogen (secondary N) is 1. The molecule has 190 valence electrons. The first-order chi connectivity index (χ1) is 17.2.